The fourth-order valence-corrected chi connectivity index (χ4v) is 2.30. The van der Waals surface area contributed by atoms with Gasteiger partial charge in [-0.2, -0.15) is 0 Å². The van der Waals surface area contributed by atoms with Crippen LogP contribution in [0.1, 0.15) is 11.8 Å². The Morgan fingerprint density at radius 1 is 1.27 bits per heavy atom. The van der Waals surface area contributed by atoms with Crippen LogP contribution in [0.3, 0.4) is 0 Å². The van der Waals surface area contributed by atoms with Crippen LogP contribution < -0.4 is 11.0 Å². The van der Waals surface area contributed by atoms with Gasteiger partial charge in [-0.1, -0.05) is 12.1 Å². The van der Waals surface area contributed by atoms with E-state index >= 15 is 0 Å². The number of rotatable bonds is 4. The maximum atomic E-state index is 12.2. The maximum absolute atomic E-state index is 12.2. The standard InChI is InChI=1S/C14H15N5O3/c1-9-16-17-13(22-9)7-15-12(20)8-19-11-6-4-3-5-10(11)18(2)14(19)21/h3-6H,7-8H2,1-2H3,(H,15,20). The van der Waals surface area contributed by atoms with Gasteiger partial charge in [-0.05, 0) is 12.1 Å². The molecular formula is C14H15N5O3. The van der Waals surface area contributed by atoms with E-state index < -0.39 is 0 Å². The number of nitrogens with zero attached hydrogens (tertiary/aromatic N) is 4. The Kier molecular flexibility index (Phi) is 3.50. The summed E-state index contributed by atoms with van der Waals surface area (Å²) in [4.78, 5) is 24.2. The predicted molar refractivity (Wildman–Crippen MR) is 78.1 cm³/mol. The first-order chi connectivity index (χ1) is 10.6. The Morgan fingerprint density at radius 2 is 2.00 bits per heavy atom. The summed E-state index contributed by atoms with van der Waals surface area (Å²) in [5.41, 5.74) is 1.27. The van der Waals surface area contributed by atoms with E-state index in [2.05, 4.69) is 15.5 Å². The number of carbonyl (C=O) groups is 1. The van der Waals surface area contributed by atoms with Crippen LogP contribution in [0.5, 0.6) is 0 Å². The van der Waals surface area contributed by atoms with Gasteiger partial charge >= 0.3 is 5.69 Å². The van der Waals surface area contributed by atoms with Crippen LogP contribution in [0.25, 0.3) is 11.0 Å². The number of imidazole rings is 1. The number of amides is 1. The highest BCUT2D eigenvalue weighted by atomic mass is 16.4. The molecule has 0 atom stereocenters. The molecule has 0 saturated heterocycles. The highest BCUT2D eigenvalue weighted by Gasteiger charge is 2.13. The van der Waals surface area contributed by atoms with Gasteiger partial charge in [0, 0.05) is 14.0 Å². The Balaban J connectivity index is 1.77. The minimum absolute atomic E-state index is 0.0622. The lowest BCUT2D eigenvalue weighted by Gasteiger charge is -2.04. The minimum Gasteiger partial charge on any atom is -0.424 e. The molecule has 114 valence electrons. The quantitative estimate of drug-likeness (QED) is 0.750. The Labute approximate surface area is 125 Å². The van der Waals surface area contributed by atoms with Crippen molar-refractivity contribution in [3.8, 4) is 0 Å². The van der Waals surface area contributed by atoms with E-state index in [0.717, 1.165) is 11.0 Å². The van der Waals surface area contributed by atoms with Gasteiger partial charge in [0.05, 0.1) is 17.6 Å². The summed E-state index contributed by atoms with van der Waals surface area (Å²) in [6, 6.07) is 7.33. The first kappa shape index (κ1) is 14.1. The molecule has 1 aromatic carbocycles. The molecule has 1 amide bonds. The van der Waals surface area contributed by atoms with Crippen molar-refractivity contribution in [3.05, 3.63) is 46.5 Å². The fraction of sp³-hybridized carbons (Fsp3) is 0.286. The lowest BCUT2D eigenvalue weighted by Crippen LogP contribution is -2.32. The zero-order chi connectivity index (χ0) is 15.7. The highest BCUT2D eigenvalue weighted by molar-refractivity contribution is 5.80. The van der Waals surface area contributed by atoms with E-state index in [-0.39, 0.29) is 24.7 Å². The van der Waals surface area contributed by atoms with Crippen molar-refractivity contribution in [3.63, 3.8) is 0 Å². The van der Waals surface area contributed by atoms with Crippen LogP contribution in [0.4, 0.5) is 0 Å². The lowest BCUT2D eigenvalue weighted by atomic mass is 10.3. The second-order valence-electron chi connectivity index (χ2n) is 4.91. The van der Waals surface area contributed by atoms with E-state index in [1.165, 1.54) is 9.13 Å². The molecule has 0 fully saturated rings. The SMILES string of the molecule is Cc1nnc(CNC(=O)Cn2c(=O)n(C)c3ccccc32)o1. The van der Waals surface area contributed by atoms with Crippen LogP contribution in [0.15, 0.2) is 33.5 Å². The molecule has 2 heterocycles. The van der Waals surface area contributed by atoms with Gasteiger partial charge in [0.1, 0.15) is 6.54 Å². The third-order valence-corrected chi connectivity index (χ3v) is 3.36. The van der Waals surface area contributed by atoms with Crippen molar-refractivity contribution < 1.29 is 9.21 Å². The Bertz CT molecular complexity index is 889. The molecule has 8 heteroatoms. The summed E-state index contributed by atoms with van der Waals surface area (Å²) < 4.78 is 8.12. The van der Waals surface area contributed by atoms with Crippen LogP contribution in [-0.2, 0) is 24.9 Å². The number of fused-ring (bicyclic) bond motifs is 1. The molecule has 0 aliphatic carbocycles. The van der Waals surface area contributed by atoms with E-state index in [4.69, 9.17) is 4.42 Å². The molecule has 0 saturated carbocycles. The first-order valence-electron chi connectivity index (χ1n) is 6.76. The number of hydrogen-bond acceptors (Lipinski definition) is 5. The van der Waals surface area contributed by atoms with Crippen molar-refractivity contribution in [1.82, 2.24) is 24.6 Å². The Hall–Kier alpha value is -2.90. The zero-order valence-electron chi connectivity index (χ0n) is 12.2. The van der Waals surface area contributed by atoms with Gasteiger partial charge in [0.25, 0.3) is 0 Å². The number of benzene rings is 1. The number of aryl methyl sites for hydroxylation is 2. The van der Waals surface area contributed by atoms with E-state index in [9.17, 15) is 9.59 Å². The van der Waals surface area contributed by atoms with Gasteiger partial charge in [-0.25, -0.2) is 4.79 Å². The van der Waals surface area contributed by atoms with Crippen molar-refractivity contribution in [2.75, 3.05) is 0 Å². The Morgan fingerprint density at radius 3 is 2.68 bits per heavy atom. The van der Waals surface area contributed by atoms with Crippen LogP contribution in [-0.4, -0.2) is 25.2 Å². The van der Waals surface area contributed by atoms with E-state index in [0.29, 0.717) is 11.8 Å². The summed E-state index contributed by atoms with van der Waals surface area (Å²) in [7, 11) is 1.68. The van der Waals surface area contributed by atoms with E-state index in [1.54, 1.807) is 14.0 Å². The maximum Gasteiger partial charge on any atom is 0.329 e. The van der Waals surface area contributed by atoms with Gasteiger partial charge < -0.3 is 9.73 Å². The fourth-order valence-electron chi connectivity index (χ4n) is 2.30. The predicted octanol–water partition coefficient (Wildman–Crippen LogP) is 0.348. The monoisotopic (exact) mass is 301 g/mol. The molecule has 0 spiro atoms. The molecule has 8 nitrogen and oxygen atoms in total. The van der Waals surface area contributed by atoms with Crippen LogP contribution in [0.2, 0.25) is 0 Å². The van der Waals surface area contributed by atoms with Gasteiger partial charge in [-0.3, -0.25) is 13.9 Å². The van der Waals surface area contributed by atoms with Crippen molar-refractivity contribution >= 4 is 16.9 Å². The molecule has 0 aliphatic heterocycles. The summed E-state index contributed by atoms with van der Waals surface area (Å²) in [5.74, 6) is 0.472. The number of carbonyl (C=O) groups excluding carboxylic acids is 1. The third-order valence-electron chi connectivity index (χ3n) is 3.36. The second kappa shape index (κ2) is 5.47. The molecule has 0 unspecified atom stereocenters. The number of aromatic nitrogens is 4. The number of nitrogens with one attached hydrogen (secondary N) is 1. The average molecular weight is 301 g/mol. The molecule has 22 heavy (non-hydrogen) atoms. The van der Waals surface area contributed by atoms with Crippen molar-refractivity contribution in [2.45, 2.75) is 20.0 Å². The molecule has 1 N–H and O–H groups in total. The average Bonchev–Trinajstić information content (AvgIpc) is 3.03. The molecule has 0 aliphatic rings. The van der Waals surface area contributed by atoms with Crippen LogP contribution in [0, 0.1) is 6.92 Å². The number of hydrogen-bond donors (Lipinski definition) is 1. The lowest BCUT2D eigenvalue weighted by molar-refractivity contribution is -0.121. The normalized spacial score (nSPS) is 11.0. The molecule has 0 radical (unpaired) electrons. The zero-order valence-corrected chi connectivity index (χ0v) is 12.2. The number of para-hydroxylation sites is 2. The minimum atomic E-state index is -0.297. The van der Waals surface area contributed by atoms with Crippen molar-refractivity contribution in [2.24, 2.45) is 7.05 Å². The molecule has 0 bridgehead atoms. The largest absolute Gasteiger partial charge is 0.424 e. The summed E-state index contributed by atoms with van der Waals surface area (Å²) in [6.07, 6.45) is 0. The summed E-state index contributed by atoms with van der Waals surface area (Å²) in [5, 5.41) is 10.1. The molecular weight excluding hydrogens is 286 g/mol. The van der Waals surface area contributed by atoms with Crippen molar-refractivity contribution in [1.29, 1.82) is 0 Å². The smallest absolute Gasteiger partial charge is 0.329 e. The topological polar surface area (TPSA) is 95.0 Å². The van der Waals surface area contributed by atoms with E-state index in [1.807, 2.05) is 24.3 Å². The summed E-state index contributed by atoms with van der Waals surface area (Å²) in [6.45, 7) is 1.75. The molecule has 3 rings (SSSR count). The summed E-state index contributed by atoms with van der Waals surface area (Å²) >= 11 is 0. The molecule has 3 aromatic rings. The van der Waals surface area contributed by atoms with Gasteiger partial charge in [0.2, 0.25) is 17.7 Å². The van der Waals surface area contributed by atoms with Gasteiger partial charge in [-0.15, -0.1) is 10.2 Å². The van der Waals surface area contributed by atoms with Gasteiger partial charge in [0.15, 0.2) is 0 Å². The van der Waals surface area contributed by atoms with Crippen LogP contribution >= 0.6 is 0 Å². The highest BCUT2D eigenvalue weighted by Crippen LogP contribution is 2.11. The first-order valence-corrected chi connectivity index (χ1v) is 6.76. The third kappa shape index (κ3) is 2.50. The molecule has 2 aromatic heterocycles. The second-order valence-corrected chi connectivity index (χ2v) is 4.91.